The highest BCUT2D eigenvalue weighted by Gasteiger charge is 2.12. The van der Waals surface area contributed by atoms with Crippen LogP contribution in [0.1, 0.15) is 43.4 Å². The molecule has 0 fully saturated rings. The largest absolute Gasteiger partial charge is 0.383 e. The first kappa shape index (κ1) is 11.0. The van der Waals surface area contributed by atoms with E-state index in [1.165, 1.54) is 0 Å². The van der Waals surface area contributed by atoms with Crippen molar-refractivity contribution in [3.8, 4) is 0 Å². The number of aromatic nitrogens is 1. The topological polar surface area (TPSA) is 64.9 Å². The zero-order valence-corrected chi connectivity index (χ0v) is 8.96. The minimum absolute atomic E-state index is 0.0312. The number of hydrogen-bond donors (Lipinski definition) is 2. The SMILES string of the molecule is CCCCC(N)c1c(C)ccnc1N. The number of aryl methyl sites for hydroxylation is 1. The molecule has 1 unspecified atom stereocenters. The molecule has 1 aromatic rings. The van der Waals surface area contributed by atoms with Crippen LogP contribution in [0.4, 0.5) is 5.82 Å². The molecule has 1 heterocycles. The summed E-state index contributed by atoms with van der Waals surface area (Å²) in [5, 5.41) is 0. The monoisotopic (exact) mass is 193 g/mol. The van der Waals surface area contributed by atoms with Gasteiger partial charge in [0.25, 0.3) is 0 Å². The van der Waals surface area contributed by atoms with Gasteiger partial charge in [-0.2, -0.15) is 0 Å². The predicted molar refractivity (Wildman–Crippen MR) is 59.8 cm³/mol. The number of rotatable bonds is 4. The zero-order valence-electron chi connectivity index (χ0n) is 8.96. The summed E-state index contributed by atoms with van der Waals surface area (Å²) in [6.07, 6.45) is 5.00. The molecule has 0 aromatic carbocycles. The molecular formula is C11H19N3. The van der Waals surface area contributed by atoms with Crippen LogP contribution in [0.15, 0.2) is 12.3 Å². The van der Waals surface area contributed by atoms with E-state index in [4.69, 9.17) is 11.5 Å². The molecule has 0 saturated heterocycles. The van der Waals surface area contributed by atoms with Gasteiger partial charge in [-0.05, 0) is 25.0 Å². The van der Waals surface area contributed by atoms with Gasteiger partial charge in [0.2, 0.25) is 0 Å². The van der Waals surface area contributed by atoms with Crippen molar-refractivity contribution in [3.05, 3.63) is 23.4 Å². The molecule has 1 aromatic heterocycles. The summed E-state index contributed by atoms with van der Waals surface area (Å²) in [5.74, 6) is 0.577. The van der Waals surface area contributed by atoms with Gasteiger partial charge in [-0.1, -0.05) is 19.8 Å². The Bertz CT molecular complexity index is 276. The van der Waals surface area contributed by atoms with Gasteiger partial charge in [0.15, 0.2) is 0 Å². The highest BCUT2D eigenvalue weighted by atomic mass is 14.8. The maximum atomic E-state index is 6.06. The quantitative estimate of drug-likeness (QED) is 0.770. The average Bonchev–Trinajstić information content (AvgIpc) is 2.14. The number of pyridine rings is 1. The number of anilines is 1. The highest BCUT2D eigenvalue weighted by Crippen LogP contribution is 2.24. The Morgan fingerprint density at radius 3 is 2.79 bits per heavy atom. The Kier molecular flexibility index (Phi) is 3.89. The van der Waals surface area contributed by atoms with E-state index < -0.39 is 0 Å². The lowest BCUT2D eigenvalue weighted by Crippen LogP contribution is -2.14. The van der Waals surface area contributed by atoms with Gasteiger partial charge < -0.3 is 11.5 Å². The molecule has 3 nitrogen and oxygen atoms in total. The normalized spacial score (nSPS) is 12.8. The summed E-state index contributed by atoms with van der Waals surface area (Å²) in [6, 6.07) is 1.99. The molecule has 0 radical (unpaired) electrons. The lowest BCUT2D eigenvalue weighted by atomic mass is 9.99. The lowest BCUT2D eigenvalue weighted by molar-refractivity contribution is 0.601. The molecule has 78 valence electrons. The Morgan fingerprint density at radius 2 is 2.21 bits per heavy atom. The van der Waals surface area contributed by atoms with Gasteiger partial charge in [0.05, 0.1) is 0 Å². The van der Waals surface area contributed by atoms with E-state index in [9.17, 15) is 0 Å². The average molecular weight is 193 g/mol. The number of nitrogens with two attached hydrogens (primary N) is 2. The summed E-state index contributed by atoms with van der Waals surface area (Å²) < 4.78 is 0. The molecule has 4 N–H and O–H groups in total. The highest BCUT2D eigenvalue weighted by molar-refractivity contribution is 5.45. The smallest absolute Gasteiger partial charge is 0.128 e. The van der Waals surface area contributed by atoms with Crippen LogP contribution >= 0.6 is 0 Å². The minimum atomic E-state index is 0.0312. The van der Waals surface area contributed by atoms with E-state index in [1.54, 1.807) is 6.20 Å². The van der Waals surface area contributed by atoms with Crippen molar-refractivity contribution in [2.75, 3.05) is 5.73 Å². The summed E-state index contributed by atoms with van der Waals surface area (Å²) in [6.45, 7) is 4.19. The van der Waals surface area contributed by atoms with Crippen molar-refractivity contribution >= 4 is 5.82 Å². The van der Waals surface area contributed by atoms with Crippen LogP contribution in [0.2, 0.25) is 0 Å². The third kappa shape index (κ3) is 2.45. The van der Waals surface area contributed by atoms with Crippen LogP contribution in [0, 0.1) is 6.92 Å². The number of hydrogen-bond acceptors (Lipinski definition) is 3. The Morgan fingerprint density at radius 1 is 1.50 bits per heavy atom. The first-order chi connectivity index (χ1) is 6.66. The van der Waals surface area contributed by atoms with E-state index >= 15 is 0 Å². The maximum Gasteiger partial charge on any atom is 0.128 e. The minimum Gasteiger partial charge on any atom is -0.383 e. The third-order valence-electron chi connectivity index (χ3n) is 2.48. The van der Waals surface area contributed by atoms with Crippen LogP contribution in [0.5, 0.6) is 0 Å². The van der Waals surface area contributed by atoms with Gasteiger partial charge in [-0.25, -0.2) is 4.98 Å². The van der Waals surface area contributed by atoms with Crippen LogP contribution < -0.4 is 11.5 Å². The van der Waals surface area contributed by atoms with E-state index in [2.05, 4.69) is 11.9 Å². The molecule has 14 heavy (non-hydrogen) atoms. The first-order valence-corrected chi connectivity index (χ1v) is 5.13. The van der Waals surface area contributed by atoms with Crippen LogP contribution in [0.25, 0.3) is 0 Å². The standard InChI is InChI=1S/C11H19N3/c1-3-4-5-9(12)10-8(2)6-7-14-11(10)13/h6-7,9H,3-5,12H2,1-2H3,(H2,13,14). The molecular weight excluding hydrogens is 174 g/mol. The van der Waals surface area contributed by atoms with E-state index in [1.807, 2.05) is 13.0 Å². The number of nitrogen functional groups attached to an aromatic ring is 1. The van der Waals surface area contributed by atoms with Crippen molar-refractivity contribution in [1.82, 2.24) is 4.98 Å². The van der Waals surface area contributed by atoms with Crippen molar-refractivity contribution < 1.29 is 0 Å². The summed E-state index contributed by atoms with van der Waals surface area (Å²) in [4.78, 5) is 4.07. The molecule has 3 heteroatoms. The van der Waals surface area contributed by atoms with Gasteiger partial charge in [0.1, 0.15) is 5.82 Å². The van der Waals surface area contributed by atoms with Crippen molar-refractivity contribution in [2.45, 2.75) is 39.2 Å². The Balaban J connectivity index is 2.82. The maximum absolute atomic E-state index is 6.06. The fraction of sp³-hybridized carbons (Fsp3) is 0.545. The molecule has 0 bridgehead atoms. The van der Waals surface area contributed by atoms with Crippen molar-refractivity contribution in [1.29, 1.82) is 0 Å². The van der Waals surface area contributed by atoms with Crippen LogP contribution in [-0.4, -0.2) is 4.98 Å². The van der Waals surface area contributed by atoms with Gasteiger partial charge in [-0.15, -0.1) is 0 Å². The summed E-state index contributed by atoms with van der Waals surface area (Å²) >= 11 is 0. The Hall–Kier alpha value is -1.09. The lowest BCUT2D eigenvalue weighted by Gasteiger charge is -2.15. The number of nitrogens with zero attached hydrogens (tertiary/aromatic N) is 1. The Labute approximate surface area is 85.5 Å². The first-order valence-electron chi connectivity index (χ1n) is 5.13. The molecule has 1 atom stereocenters. The fourth-order valence-electron chi connectivity index (χ4n) is 1.64. The second-order valence-corrected chi connectivity index (χ2v) is 3.68. The molecule has 0 spiro atoms. The second-order valence-electron chi connectivity index (χ2n) is 3.68. The van der Waals surface area contributed by atoms with Gasteiger partial charge in [0, 0.05) is 17.8 Å². The van der Waals surface area contributed by atoms with Crippen molar-refractivity contribution in [2.24, 2.45) is 5.73 Å². The van der Waals surface area contributed by atoms with Crippen LogP contribution in [0.3, 0.4) is 0 Å². The molecule has 0 amide bonds. The third-order valence-corrected chi connectivity index (χ3v) is 2.48. The molecule has 0 aliphatic rings. The predicted octanol–water partition coefficient (Wildman–Crippen LogP) is 2.16. The second kappa shape index (κ2) is 4.96. The van der Waals surface area contributed by atoms with E-state index in [-0.39, 0.29) is 6.04 Å². The van der Waals surface area contributed by atoms with Crippen LogP contribution in [-0.2, 0) is 0 Å². The molecule has 0 aliphatic heterocycles. The summed E-state index contributed by atoms with van der Waals surface area (Å²) in [5.41, 5.74) is 14.0. The zero-order chi connectivity index (χ0) is 10.6. The number of unbranched alkanes of at least 4 members (excludes halogenated alkanes) is 1. The van der Waals surface area contributed by atoms with Gasteiger partial charge in [-0.3, -0.25) is 0 Å². The molecule has 0 aliphatic carbocycles. The van der Waals surface area contributed by atoms with Crippen molar-refractivity contribution in [3.63, 3.8) is 0 Å². The summed E-state index contributed by atoms with van der Waals surface area (Å²) in [7, 11) is 0. The van der Waals surface area contributed by atoms with E-state index in [0.717, 1.165) is 30.4 Å². The molecule has 1 rings (SSSR count). The van der Waals surface area contributed by atoms with Gasteiger partial charge >= 0.3 is 0 Å². The van der Waals surface area contributed by atoms with E-state index in [0.29, 0.717) is 5.82 Å². The molecule has 0 saturated carbocycles. The fourth-order valence-corrected chi connectivity index (χ4v) is 1.64.